The van der Waals surface area contributed by atoms with Gasteiger partial charge in [0.15, 0.2) is 11.3 Å². The van der Waals surface area contributed by atoms with E-state index in [1.165, 1.54) is 4.68 Å². The number of hydrogen-bond acceptors (Lipinski definition) is 6. The van der Waals surface area contributed by atoms with E-state index in [0.717, 1.165) is 5.69 Å². The van der Waals surface area contributed by atoms with Crippen molar-refractivity contribution in [3.05, 3.63) is 63.3 Å². The zero-order chi connectivity index (χ0) is 23.9. The van der Waals surface area contributed by atoms with E-state index in [-0.39, 0.29) is 17.2 Å². The van der Waals surface area contributed by atoms with Gasteiger partial charge in [0.25, 0.3) is 17.4 Å². The van der Waals surface area contributed by atoms with Crippen molar-refractivity contribution in [3.8, 4) is 0 Å². The minimum Gasteiger partial charge on any atom is -0.267 e. The Morgan fingerprint density at radius 1 is 1.06 bits per heavy atom. The topological polar surface area (TPSA) is 124 Å². The van der Waals surface area contributed by atoms with Gasteiger partial charge in [-0.05, 0) is 31.9 Å². The van der Waals surface area contributed by atoms with Crippen LogP contribution in [0.5, 0.6) is 0 Å². The average Bonchev–Trinajstić information content (AvgIpc) is 3.10. The van der Waals surface area contributed by atoms with Crippen LogP contribution in [0.15, 0.2) is 35.1 Å². The van der Waals surface area contributed by atoms with Gasteiger partial charge in [0.05, 0.1) is 22.0 Å². The van der Waals surface area contributed by atoms with Gasteiger partial charge >= 0.3 is 0 Å². The first-order valence-electron chi connectivity index (χ1n) is 10.7. The number of pyridine rings is 1. The molecular weight excluding hydrogens is 422 g/mol. The molecule has 0 spiro atoms. The fraction of sp³-hybridized carbons (Fsp3) is 0.304. The van der Waals surface area contributed by atoms with Gasteiger partial charge in [-0.3, -0.25) is 29.9 Å². The number of hydrazine groups is 1. The number of benzene rings is 1. The standard InChI is InChI=1S/C23H25N7O3/c1-6-30-23(33)15-10-8-7-9-14(15)19(28-30)22(32)26-25-21(31)16-11-17(12(2)3)24-20-18(16)13(4)27-29(20)5/h7-12H,6H2,1-5H3,(H,25,31)(H,26,32). The van der Waals surface area contributed by atoms with Gasteiger partial charge in [-0.2, -0.15) is 10.2 Å². The Balaban J connectivity index is 1.68. The van der Waals surface area contributed by atoms with Gasteiger partial charge in [0, 0.05) is 24.7 Å². The van der Waals surface area contributed by atoms with Crippen LogP contribution in [-0.2, 0) is 13.6 Å². The van der Waals surface area contributed by atoms with Gasteiger partial charge in [0.1, 0.15) is 0 Å². The second-order valence-corrected chi connectivity index (χ2v) is 8.08. The maximum atomic E-state index is 13.1. The number of rotatable bonds is 4. The zero-order valence-electron chi connectivity index (χ0n) is 19.1. The summed E-state index contributed by atoms with van der Waals surface area (Å²) in [5.41, 5.74) is 7.05. The number of aromatic nitrogens is 5. The normalized spacial score (nSPS) is 11.3. The Morgan fingerprint density at radius 3 is 2.39 bits per heavy atom. The van der Waals surface area contributed by atoms with Crippen molar-refractivity contribution in [3.63, 3.8) is 0 Å². The Kier molecular flexibility index (Phi) is 5.67. The van der Waals surface area contributed by atoms with E-state index in [1.54, 1.807) is 55.9 Å². The number of carbonyl (C=O) groups excluding carboxylic acids is 2. The van der Waals surface area contributed by atoms with Crippen molar-refractivity contribution in [1.29, 1.82) is 0 Å². The van der Waals surface area contributed by atoms with E-state index in [0.29, 0.717) is 39.6 Å². The first-order chi connectivity index (χ1) is 15.7. The fourth-order valence-electron chi connectivity index (χ4n) is 3.80. The quantitative estimate of drug-likeness (QED) is 0.462. The molecule has 0 fully saturated rings. The van der Waals surface area contributed by atoms with Crippen LogP contribution in [-0.4, -0.2) is 36.4 Å². The maximum absolute atomic E-state index is 13.1. The molecule has 0 radical (unpaired) electrons. The van der Waals surface area contributed by atoms with Crippen molar-refractivity contribution in [2.24, 2.45) is 7.05 Å². The number of fused-ring (bicyclic) bond motifs is 2. The van der Waals surface area contributed by atoms with E-state index in [4.69, 9.17) is 0 Å². The van der Waals surface area contributed by atoms with Crippen LogP contribution in [0.1, 0.15) is 58.9 Å². The van der Waals surface area contributed by atoms with E-state index in [1.807, 2.05) is 13.8 Å². The molecule has 0 atom stereocenters. The van der Waals surface area contributed by atoms with E-state index < -0.39 is 11.8 Å². The van der Waals surface area contributed by atoms with E-state index >= 15 is 0 Å². The molecule has 4 aromatic rings. The van der Waals surface area contributed by atoms with Crippen LogP contribution in [0, 0.1) is 6.92 Å². The average molecular weight is 447 g/mol. The molecule has 33 heavy (non-hydrogen) atoms. The molecule has 0 aliphatic rings. The summed E-state index contributed by atoms with van der Waals surface area (Å²) >= 11 is 0. The highest BCUT2D eigenvalue weighted by Crippen LogP contribution is 2.24. The maximum Gasteiger partial charge on any atom is 0.290 e. The Labute approximate surface area is 189 Å². The molecule has 1 aromatic carbocycles. The third-order valence-electron chi connectivity index (χ3n) is 5.50. The summed E-state index contributed by atoms with van der Waals surface area (Å²) in [6, 6.07) is 8.47. The molecule has 3 aromatic heterocycles. The van der Waals surface area contributed by atoms with Crippen LogP contribution in [0.4, 0.5) is 0 Å². The Bertz CT molecular complexity index is 1470. The molecule has 2 amide bonds. The minimum absolute atomic E-state index is 0.0488. The van der Waals surface area contributed by atoms with E-state index in [2.05, 4.69) is 26.0 Å². The highest BCUT2D eigenvalue weighted by Gasteiger charge is 2.21. The summed E-state index contributed by atoms with van der Waals surface area (Å²) < 4.78 is 2.86. The van der Waals surface area contributed by atoms with Gasteiger partial charge < -0.3 is 0 Å². The summed E-state index contributed by atoms with van der Waals surface area (Å²) in [6.45, 7) is 7.85. The smallest absolute Gasteiger partial charge is 0.267 e. The number of nitrogens with zero attached hydrogens (tertiary/aromatic N) is 5. The van der Waals surface area contributed by atoms with Crippen LogP contribution in [0.2, 0.25) is 0 Å². The lowest BCUT2D eigenvalue weighted by atomic mass is 10.0. The summed E-state index contributed by atoms with van der Waals surface area (Å²) in [7, 11) is 1.77. The number of amides is 2. The molecule has 0 saturated heterocycles. The van der Waals surface area contributed by atoms with Crippen LogP contribution in [0.3, 0.4) is 0 Å². The lowest BCUT2D eigenvalue weighted by Crippen LogP contribution is -2.43. The van der Waals surface area contributed by atoms with Gasteiger partial charge in [-0.25, -0.2) is 9.67 Å². The highest BCUT2D eigenvalue weighted by atomic mass is 16.2. The molecule has 3 heterocycles. The lowest BCUT2D eigenvalue weighted by Gasteiger charge is -2.13. The summed E-state index contributed by atoms with van der Waals surface area (Å²) in [4.78, 5) is 43.2. The molecule has 0 aliphatic heterocycles. The molecule has 0 unspecified atom stereocenters. The number of carbonyl (C=O) groups is 2. The summed E-state index contributed by atoms with van der Waals surface area (Å²) in [5, 5.41) is 9.99. The third kappa shape index (κ3) is 3.84. The van der Waals surface area contributed by atoms with Crippen LogP contribution < -0.4 is 16.4 Å². The molecule has 10 nitrogen and oxygen atoms in total. The van der Waals surface area contributed by atoms with Crippen molar-refractivity contribution < 1.29 is 9.59 Å². The molecule has 4 rings (SSSR count). The van der Waals surface area contributed by atoms with Crippen molar-refractivity contribution in [2.75, 3.05) is 0 Å². The molecule has 170 valence electrons. The monoisotopic (exact) mass is 447 g/mol. The van der Waals surface area contributed by atoms with Gasteiger partial charge in [-0.1, -0.05) is 32.0 Å². The first kappa shape index (κ1) is 22.1. The van der Waals surface area contributed by atoms with Gasteiger partial charge in [0.2, 0.25) is 0 Å². The molecule has 0 bridgehead atoms. The van der Waals surface area contributed by atoms with Crippen molar-refractivity contribution >= 4 is 33.6 Å². The highest BCUT2D eigenvalue weighted by molar-refractivity contribution is 6.09. The van der Waals surface area contributed by atoms with Crippen LogP contribution >= 0.6 is 0 Å². The number of hydrogen-bond donors (Lipinski definition) is 2. The Morgan fingerprint density at radius 2 is 1.73 bits per heavy atom. The molecular formula is C23H25N7O3. The lowest BCUT2D eigenvalue weighted by molar-refractivity contribution is 0.0844. The van der Waals surface area contributed by atoms with Crippen molar-refractivity contribution in [1.82, 2.24) is 35.4 Å². The Hall–Kier alpha value is -4.08. The van der Waals surface area contributed by atoms with Gasteiger partial charge in [-0.15, -0.1) is 0 Å². The summed E-state index contributed by atoms with van der Waals surface area (Å²) in [5.74, 6) is -1.03. The van der Waals surface area contributed by atoms with E-state index in [9.17, 15) is 14.4 Å². The zero-order valence-corrected chi connectivity index (χ0v) is 19.1. The SMILES string of the molecule is CCn1nc(C(=O)NNC(=O)c2cc(C(C)C)nc3c2c(C)nn3C)c2ccccc2c1=O. The molecule has 2 N–H and O–H groups in total. The predicted octanol–water partition coefficient (Wildman–Crippen LogP) is 2.20. The second-order valence-electron chi connectivity index (χ2n) is 8.08. The largest absolute Gasteiger partial charge is 0.290 e. The predicted molar refractivity (Wildman–Crippen MR) is 124 cm³/mol. The molecule has 0 saturated carbocycles. The third-order valence-corrected chi connectivity index (χ3v) is 5.50. The minimum atomic E-state index is -0.626. The summed E-state index contributed by atoms with van der Waals surface area (Å²) in [6.07, 6.45) is 0. The fourth-order valence-corrected chi connectivity index (χ4v) is 3.80. The molecule has 0 aliphatic carbocycles. The number of aryl methyl sites for hydroxylation is 3. The second kappa shape index (κ2) is 8.45. The van der Waals surface area contributed by atoms with Crippen molar-refractivity contribution in [2.45, 2.75) is 40.2 Å². The van der Waals surface area contributed by atoms with Crippen LogP contribution in [0.25, 0.3) is 21.8 Å². The first-order valence-corrected chi connectivity index (χ1v) is 10.7. The molecule has 10 heteroatoms. The number of nitrogens with one attached hydrogen (secondary N) is 2.